The van der Waals surface area contributed by atoms with Crippen LogP contribution in [0.4, 0.5) is 5.69 Å². The van der Waals surface area contributed by atoms with E-state index in [9.17, 15) is 4.79 Å². The van der Waals surface area contributed by atoms with Gasteiger partial charge in [-0.15, -0.1) is 0 Å². The van der Waals surface area contributed by atoms with Crippen molar-refractivity contribution in [2.75, 3.05) is 4.90 Å². The predicted octanol–water partition coefficient (Wildman–Crippen LogP) is 7.31. The van der Waals surface area contributed by atoms with Crippen LogP contribution in [0, 0.1) is 0 Å². The summed E-state index contributed by atoms with van der Waals surface area (Å²) >= 11 is 24.8. The molecular weight excluding hydrogens is 457 g/mol. The molecule has 0 radical (unpaired) electrons. The number of thioether (sulfide) groups is 1. The van der Waals surface area contributed by atoms with Gasteiger partial charge in [-0.05, 0) is 48.5 Å². The van der Waals surface area contributed by atoms with Crippen molar-refractivity contribution in [3.8, 4) is 11.3 Å². The Hall–Kier alpha value is -1.76. The van der Waals surface area contributed by atoms with Crippen LogP contribution in [0.2, 0.25) is 15.1 Å². The number of hydrogen-bond acceptors (Lipinski definition) is 4. The zero-order valence-electron chi connectivity index (χ0n) is 14.0. The van der Waals surface area contributed by atoms with E-state index in [-0.39, 0.29) is 5.91 Å². The van der Waals surface area contributed by atoms with Crippen molar-refractivity contribution in [3.05, 3.63) is 80.3 Å². The molecule has 0 spiro atoms. The van der Waals surface area contributed by atoms with Gasteiger partial charge in [0.05, 0.1) is 15.6 Å². The summed E-state index contributed by atoms with van der Waals surface area (Å²) in [6.07, 6.45) is 1.66. The lowest BCUT2D eigenvalue weighted by molar-refractivity contribution is -0.113. The molecular formula is C20H10Cl3NO2S2. The third kappa shape index (κ3) is 3.86. The lowest BCUT2D eigenvalue weighted by Crippen LogP contribution is -2.27. The molecule has 1 aliphatic rings. The highest BCUT2D eigenvalue weighted by atomic mass is 35.5. The maximum Gasteiger partial charge on any atom is 0.270 e. The summed E-state index contributed by atoms with van der Waals surface area (Å²) in [5.41, 5.74) is 1.35. The number of carbonyl (C=O) groups is 1. The van der Waals surface area contributed by atoms with Crippen molar-refractivity contribution in [3.63, 3.8) is 0 Å². The van der Waals surface area contributed by atoms with E-state index in [0.717, 1.165) is 5.56 Å². The van der Waals surface area contributed by atoms with Crippen LogP contribution in [-0.2, 0) is 4.79 Å². The first-order valence-electron chi connectivity index (χ1n) is 8.01. The highest BCUT2D eigenvalue weighted by Gasteiger charge is 2.33. The second kappa shape index (κ2) is 7.93. The van der Waals surface area contributed by atoms with E-state index in [1.165, 1.54) is 16.7 Å². The molecule has 4 rings (SSSR count). The van der Waals surface area contributed by atoms with Crippen LogP contribution >= 0.6 is 58.8 Å². The number of thiocarbonyl (C=S) groups is 1. The van der Waals surface area contributed by atoms with Gasteiger partial charge in [0.15, 0.2) is 4.32 Å². The molecule has 0 aliphatic carbocycles. The molecule has 0 bridgehead atoms. The van der Waals surface area contributed by atoms with Crippen LogP contribution in [0.5, 0.6) is 0 Å². The van der Waals surface area contributed by atoms with E-state index in [4.69, 9.17) is 51.4 Å². The van der Waals surface area contributed by atoms with E-state index < -0.39 is 0 Å². The standard InChI is InChI=1S/C20H10Cl3NO2S2/c21-11-2-1-3-13(8-11)24-19(25)18(28-20(24)27)10-14-5-7-17(26-14)15-6-4-12(22)9-16(15)23/h1-10H/b18-10-. The fourth-order valence-electron chi connectivity index (χ4n) is 2.70. The Morgan fingerprint density at radius 3 is 2.54 bits per heavy atom. The zero-order chi connectivity index (χ0) is 19.8. The molecule has 0 atom stereocenters. The SMILES string of the molecule is O=C1/C(=C/c2ccc(-c3ccc(Cl)cc3Cl)o2)SC(=S)N1c1cccc(Cl)c1. The van der Waals surface area contributed by atoms with Crippen LogP contribution in [0.15, 0.2) is 63.9 Å². The molecule has 8 heteroatoms. The van der Waals surface area contributed by atoms with E-state index in [1.54, 1.807) is 60.7 Å². The van der Waals surface area contributed by atoms with Crippen LogP contribution in [0.3, 0.4) is 0 Å². The summed E-state index contributed by atoms with van der Waals surface area (Å²) in [6, 6.07) is 15.7. The zero-order valence-corrected chi connectivity index (χ0v) is 17.9. The summed E-state index contributed by atoms with van der Waals surface area (Å²) in [6.45, 7) is 0. The average molecular weight is 467 g/mol. The number of benzene rings is 2. The number of halogens is 3. The van der Waals surface area contributed by atoms with E-state index in [0.29, 0.717) is 41.5 Å². The maximum absolute atomic E-state index is 12.8. The number of hydrogen-bond donors (Lipinski definition) is 0. The molecule has 0 N–H and O–H groups in total. The van der Waals surface area contributed by atoms with Crippen molar-refractivity contribution in [2.24, 2.45) is 0 Å². The predicted molar refractivity (Wildman–Crippen MR) is 121 cm³/mol. The second-order valence-corrected chi connectivity index (χ2v) is 8.78. The molecule has 0 saturated carbocycles. The monoisotopic (exact) mass is 465 g/mol. The Bertz CT molecular complexity index is 1140. The molecule has 140 valence electrons. The molecule has 1 fully saturated rings. The molecule has 1 aromatic heterocycles. The van der Waals surface area contributed by atoms with E-state index >= 15 is 0 Å². The van der Waals surface area contributed by atoms with Gasteiger partial charge in [0, 0.05) is 21.7 Å². The largest absolute Gasteiger partial charge is 0.457 e. The quantitative estimate of drug-likeness (QED) is 0.299. The van der Waals surface area contributed by atoms with Crippen LogP contribution in [-0.4, -0.2) is 10.2 Å². The Morgan fingerprint density at radius 2 is 1.79 bits per heavy atom. The van der Waals surface area contributed by atoms with Gasteiger partial charge in [0.1, 0.15) is 11.5 Å². The van der Waals surface area contributed by atoms with Gasteiger partial charge < -0.3 is 4.42 Å². The highest BCUT2D eigenvalue weighted by molar-refractivity contribution is 8.27. The number of nitrogens with zero attached hydrogens (tertiary/aromatic N) is 1. The van der Waals surface area contributed by atoms with Gasteiger partial charge in [0.25, 0.3) is 5.91 Å². The maximum atomic E-state index is 12.8. The Balaban J connectivity index is 1.62. The first-order valence-corrected chi connectivity index (χ1v) is 10.4. The van der Waals surface area contributed by atoms with Crippen molar-refractivity contribution in [1.29, 1.82) is 0 Å². The molecule has 1 aliphatic heterocycles. The average Bonchev–Trinajstić information content (AvgIpc) is 3.20. The van der Waals surface area contributed by atoms with Crippen molar-refractivity contribution in [2.45, 2.75) is 0 Å². The van der Waals surface area contributed by atoms with Gasteiger partial charge >= 0.3 is 0 Å². The third-order valence-electron chi connectivity index (χ3n) is 3.96. The summed E-state index contributed by atoms with van der Waals surface area (Å²) < 4.78 is 6.28. The molecule has 3 nitrogen and oxygen atoms in total. The van der Waals surface area contributed by atoms with Gasteiger partial charge in [-0.2, -0.15) is 0 Å². The molecule has 0 unspecified atom stereocenters. The minimum absolute atomic E-state index is 0.222. The topological polar surface area (TPSA) is 33.5 Å². The second-order valence-electron chi connectivity index (χ2n) is 5.82. The summed E-state index contributed by atoms with van der Waals surface area (Å²) in [7, 11) is 0. The van der Waals surface area contributed by atoms with Gasteiger partial charge in [0.2, 0.25) is 0 Å². The normalized spacial score (nSPS) is 15.7. The van der Waals surface area contributed by atoms with E-state index in [1.807, 2.05) is 0 Å². The lowest BCUT2D eigenvalue weighted by atomic mass is 10.2. The Labute approximate surface area is 185 Å². The molecule has 1 amide bonds. The Morgan fingerprint density at radius 1 is 1.00 bits per heavy atom. The number of rotatable bonds is 3. The first-order chi connectivity index (χ1) is 13.4. The smallest absolute Gasteiger partial charge is 0.270 e. The molecule has 28 heavy (non-hydrogen) atoms. The van der Waals surface area contributed by atoms with Crippen LogP contribution in [0.25, 0.3) is 17.4 Å². The van der Waals surface area contributed by atoms with Gasteiger partial charge in [-0.25, -0.2) is 0 Å². The summed E-state index contributed by atoms with van der Waals surface area (Å²) in [4.78, 5) is 14.8. The fourth-order valence-corrected chi connectivity index (χ4v) is 4.66. The van der Waals surface area contributed by atoms with Gasteiger partial charge in [-0.1, -0.05) is 64.8 Å². The number of carbonyl (C=O) groups excluding carboxylic acids is 1. The fraction of sp³-hybridized carbons (Fsp3) is 0. The van der Waals surface area contributed by atoms with Crippen LogP contribution < -0.4 is 4.90 Å². The third-order valence-corrected chi connectivity index (χ3v) is 6.04. The van der Waals surface area contributed by atoms with Crippen LogP contribution in [0.1, 0.15) is 5.76 Å². The van der Waals surface area contributed by atoms with Crippen molar-refractivity contribution < 1.29 is 9.21 Å². The van der Waals surface area contributed by atoms with Crippen molar-refractivity contribution in [1.82, 2.24) is 0 Å². The van der Waals surface area contributed by atoms with E-state index in [2.05, 4.69) is 0 Å². The summed E-state index contributed by atoms with van der Waals surface area (Å²) in [5, 5.41) is 1.57. The highest BCUT2D eigenvalue weighted by Crippen LogP contribution is 2.38. The number of furan rings is 1. The molecule has 1 saturated heterocycles. The number of amides is 1. The minimum Gasteiger partial charge on any atom is -0.457 e. The lowest BCUT2D eigenvalue weighted by Gasteiger charge is -2.14. The number of anilines is 1. The Kier molecular flexibility index (Phi) is 5.54. The van der Waals surface area contributed by atoms with Crippen molar-refractivity contribution >= 4 is 80.8 Å². The molecule has 2 heterocycles. The summed E-state index contributed by atoms with van der Waals surface area (Å²) in [5.74, 6) is 0.880. The first kappa shape index (κ1) is 19.6. The molecule has 3 aromatic rings. The molecule has 2 aromatic carbocycles. The minimum atomic E-state index is -0.222. The van der Waals surface area contributed by atoms with Gasteiger partial charge in [-0.3, -0.25) is 9.69 Å².